The van der Waals surface area contributed by atoms with E-state index in [1.807, 2.05) is 21.1 Å². The van der Waals surface area contributed by atoms with Gasteiger partial charge in [0.05, 0.1) is 34.4 Å². The maximum atomic E-state index is 11.1. The Hall–Kier alpha value is 0.0300. The lowest BCUT2D eigenvalue weighted by Gasteiger charge is -2.27. The lowest BCUT2D eigenvalue weighted by atomic mass is 10.5. The number of quaternary nitrogens is 1. The second kappa shape index (κ2) is 10.00. The Morgan fingerprint density at radius 1 is 1.06 bits per heavy atom. The first kappa shape index (κ1) is 22.2. The molecule has 0 fully saturated rings. The van der Waals surface area contributed by atoms with Crippen LogP contribution in [-0.4, -0.2) is 59.1 Å². The van der Waals surface area contributed by atoms with Gasteiger partial charge in [-0.3, -0.25) is 4.57 Å². The fraction of sp³-hybridized carbons (Fsp3) is 1.00. The summed E-state index contributed by atoms with van der Waals surface area (Å²) in [6.07, 6.45) is 0. The Balaban J connectivity index is -0.000000980. The minimum Gasteiger partial charge on any atom is -0.756 e. The van der Waals surface area contributed by atoms with Gasteiger partial charge in [0, 0.05) is 7.11 Å². The molecule has 108 valence electrons. The number of phosphoric acid groups is 1. The SMILES string of the molecule is C.C.COCCOP(=O)([O-])OCC[N+](C)(C)C. The highest BCUT2D eigenvalue weighted by Gasteiger charge is 2.12. The Morgan fingerprint density at radius 3 is 1.94 bits per heavy atom. The van der Waals surface area contributed by atoms with Crippen LogP contribution in [0.3, 0.4) is 0 Å². The molecule has 0 aliphatic heterocycles. The van der Waals surface area contributed by atoms with Crippen LogP contribution in [0.1, 0.15) is 14.9 Å². The number of hydrogen-bond donors (Lipinski definition) is 0. The fourth-order valence-electron chi connectivity index (χ4n) is 0.696. The molecule has 0 bridgehead atoms. The van der Waals surface area contributed by atoms with E-state index >= 15 is 0 Å². The molecule has 0 amide bonds. The van der Waals surface area contributed by atoms with Crippen molar-refractivity contribution in [1.82, 2.24) is 0 Å². The normalized spacial score (nSPS) is 14.4. The monoisotopic (exact) mass is 273 g/mol. The first-order valence-corrected chi connectivity index (χ1v) is 6.12. The Kier molecular flexibility index (Phi) is 13.1. The van der Waals surface area contributed by atoms with Gasteiger partial charge in [-0.2, -0.15) is 0 Å². The molecule has 1 atom stereocenters. The van der Waals surface area contributed by atoms with Gasteiger partial charge >= 0.3 is 0 Å². The van der Waals surface area contributed by atoms with Crippen LogP contribution in [0.4, 0.5) is 0 Å². The van der Waals surface area contributed by atoms with E-state index in [1.165, 1.54) is 7.11 Å². The summed E-state index contributed by atoms with van der Waals surface area (Å²) in [6, 6.07) is 0. The molecule has 0 saturated heterocycles. The van der Waals surface area contributed by atoms with Crippen molar-refractivity contribution < 1.29 is 27.7 Å². The third-order valence-corrected chi connectivity index (χ3v) is 2.55. The van der Waals surface area contributed by atoms with Crippen LogP contribution in [0.5, 0.6) is 0 Å². The van der Waals surface area contributed by atoms with E-state index in [9.17, 15) is 9.46 Å². The number of likely N-dealkylation sites (N-methyl/N-ethyl adjacent to an activating group) is 1. The maximum Gasteiger partial charge on any atom is 0.268 e. The van der Waals surface area contributed by atoms with Gasteiger partial charge in [-0.05, 0) is 0 Å². The van der Waals surface area contributed by atoms with Crippen molar-refractivity contribution >= 4 is 7.82 Å². The van der Waals surface area contributed by atoms with Crippen molar-refractivity contribution in [2.24, 2.45) is 0 Å². The molecule has 0 aliphatic carbocycles. The molecule has 6 nitrogen and oxygen atoms in total. The number of nitrogens with zero attached hydrogens (tertiary/aromatic N) is 1. The maximum absolute atomic E-state index is 11.1. The number of methoxy groups -OCH3 is 1. The van der Waals surface area contributed by atoms with Gasteiger partial charge in [0.2, 0.25) is 0 Å². The van der Waals surface area contributed by atoms with Gasteiger partial charge < -0.3 is 23.2 Å². The van der Waals surface area contributed by atoms with Crippen LogP contribution >= 0.6 is 7.82 Å². The second-order valence-corrected chi connectivity index (χ2v) is 5.53. The highest BCUT2D eigenvalue weighted by Crippen LogP contribution is 2.37. The number of ether oxygens (including phenoxy) is 1. The topological polar surface area (TPSA) is 67.8 Å². The lowest BCUT2D eigenvalue weighted by molar-refractivity contribution is -0.870. The summed E-state index contributed by atoms with van der Waals surface area (Å²) in [7, 11) is 3.17. The van der Waals surface area contributed by atoms with Crippen LogP contribution in [0.2, 0.25) is 0 Å². The Bertz CT molecular complexity index is 217. The molecule has 0 radical (unpaired) electrons. The van der Waals surface area contributed by atoms with Crippen molar-refractivity contribution in [3.05, 3.63) is 0 Å². The molecule has 0 aromatic heterocycles. The van der Waals surface area contributed by atoms with E-state index < -0.39 is 7.82 Å². The third-order valence-electron chi connectivity index (χ3n) is 1.55. The van der Waals surface area contributed by atoms with Crippen molar-refractivity contribution in [3.63, 3.8) is 0 Å². The van der Waals surface area contributed by atoms with E-state index in [4.69, 9.17) is 0 Å². The summed E-state index contributed by atoms with van der Waals surface area (Å²) in [6.45, 7) is 0.934. The molecular formula is C10H28NO5P. The third kappa shape index (κ3) is 16.0. The van der Waals surface area contributed by atoms with Crippen LogP contribution in [0.15, 0.2) is 0 Å². The first-order valence-electron chi connectivity index (χ1n) is 4.66. The van der Waals surface area contributed by atoms with Gasteiger partial charge in [0.25, 0.3) is 7.82 Å². The van der Waals surface area contributed by atoms with E-state index in [1.54, 1.807) is 0 Å². The van der Waals surface area contributed by atoms with Crippen LogP contribution in [0, 0.1) is 0 Å². The quantitative estimate of drug-likeness (QED) is 0.376. The standard InChI is InChI=1S/C8H20NO5P.2CH4/c1-9(2,3)5-6-13-15(10,11)14-8-7-12-4;;/h5-8H2,1-4H3;2*1H4. The first-order chi connectivity index (χ1) is 6.77. The molecule has 0 rings (SSSR count). The molecule has 0 aromatic rings. The van der Waals surface area contributed by atoms with Gasteiger partial charge in [0.15, 0.2) is 0 Å². The van der Waals surface area contributed by atoms with Crippen molar-refractivity contribution in [1.29, 1.82) is 0 Å². The van der Waals surface area contributed by atoms with Crippen molar-refractivity contribution in [3.8, 4) is 0 Å². The zero-order valence-electron chi connectivity index (χ0n) is 9.76. The Labute approximate surface area is 106 Å². The Morgan fingerprint density at radius 2 is 1.53 bits per heavy atom. The smallest absolute Gasteiger partial charge is 0.268 e. The minimum atomic E-state index is -4.15. The molecule has 17 heavy (non-hydrogen) atoms. The predicted octanol–water partition coefficient (Wildman–Crippen LogP) is 1.11. The number of phosphoric ester groups is 1. The molecule has 0 N–H and O–H groups in total. The van der Waals surface area contributed by atoms with E-state index in [2.05, 4.69) is 13.8 Å². The van der Waals surface area contributed by atoms with Crippen molar-refractivity contribution in [2.45, 2.75) is 14.9 Å². The highest BCUT2D eigenvalue weighted by atomic mass is 31.2. The summed E-state index contributed by atoms with van der Waals surface area (Å²) in [5.41, 5.74) is 0. The highest BCUT2D eigenvalue weighted by molar-refractivity contribution is 7.45. The van der Waals surface area contributed by atoms with Crippen LogP contribution in [-0.2, 0) is 18.3 Å². The van der Waals surface area contributed by atoms with Gasteiger partial charge in [-0.25, -0.2) is 0 Å². The van der Waals surface area contributed by atoms with Crippen molar-refractivity contribution in [2.75, 3.05) is 54.6 Å². The van der Waals surface area contributed by atoms with E-state index in [0.717, 1.165) is 0 Å². The predicted molar refractivity (Wildman–Crippen MR) is 67.7 cm³/mol. The molecule has 1 unspecified atom stereocenters. The molecule has 0 saturated carbocycles. The molecule has 0 spiro atoms. The van der Waals surface area contributed by atoms with E-state index in [0.29, 0.717) is 11.0 Å². The summed E-state index contributed by atoms with van der Waals surface area (Å²) < 4.78 is 25.6. The zero-order valence-corrected chi connectivity index (χ0v) is 10.7. The average Bonchev–Trinajstić information content (AvgIpc) is 2.01. The summed E-state index contributed by atoms with van der Waals surface area (Å²) in [4.78, 5) is 11.1. The fourth-order valence-corrected chi connectivity index (χ4v) is 1.37. The minimum absolute atomic E-state index is 0. The summed E-state index contributed by atoms with van der Waals surface area (Å²) in [5, 5.41) is 0. The summed E-state index contributed by atoms with van der Waals surface area (Å²) in [5.74, 6) is 0. The molecule has 0 aliphatic rings. The zero-order chi connectivity index (χ0) is 11.9. The summed E-state index contributed by atoms with van der Waals surface area (Å²) >= 11 is 0. The molecule has 0 aromatic carbocycles. The largest absolute Gasteiger partial charge is 0.756 e. The van der Waals surface area contributed by atoms with E-state index in [-0.39, 0.29) is 34.7 Å². The lowest BCUT2D eigenvalue weighted by Crippen LogP contribution is -2.37. The van der Waals surface area contributed by atoms with Gasteiger partial charge in [-0.15, -0.1) is 0 Å². The second-order valence-electron chi connectivity index (χ2n) is 4.12. The van der Waals surface area contributed by atoms with Gasteiger partial charge in [-0.1, -0.05) is 14.9 Å². The van der Waals surface area contributed by atoms with Crippen LogP contribution in [0.25, 0.3) is 0 Å². The molecule has 0 heterocycles. The number of hydrogen-bond acceptors (Lipinski definition) is 5. The van der Waals surface area contributed by atoms with Crippen LogP contribution < -0.4 is 4.89 Å². The molecule has 7 heteroatoms. The number of rotatable bonds is 8. The average molecular weight is 273 g/mol. The van der Waals surface area contributed by atoms with Gasteiger partial charge in [0.1, 0.15) is 13.2 Å². The molecular weight excluding hydrogens is 245 g/mol.